The smallest absolute Gasteiger partial charge is 0.330 e. The van der Waals surface area contributed by atoms with Crippen LogP contribution in [0, 0.1) is 17.2 Å². The summed E-state index contributed by atoms with van der Waals surface area (Å²) in [6.45, 7) is 4.95. The molecule has 0 radical (unpaired) electrons. The minimum atomic E-state index is -1.03. The quantitative estimate of drug-likeness (QED) is 0.597. The van der Waals surface area contributed by atoms with Crippen LogP contribution in [0.5, 0.6) is 0 Å². The Hall–Kier alpha value is -1.30. The van der Waals surface area contributed by atoms with Crippen LogP contribution in [-0.4, -0.2) is 11.1 Å². The lowest BCUT2D eigenvalue weighted by molar-refractivity contribution is -0.132. The summed E-state index contributed by atoms with van der Waals surface area (Å²) < 4.78 is 0. The van der Waals surface area contributed by atoms with Crippen molar-refractivity contribution in [1.82, 2.24) is 0 Å². The summed E-state index contributed by atoms with van der Waals surface area (Å²) in [5.74, 6) is -1.29. The van der Waals surface area contributed by atoms with E-state index < -0.39 is 5.97 Å². The van der Waals surface area contributed by atoms with Gasteiger partial charge in [-0.2, -0.15) is 5.26 Å². The van der Waals surface area contributed by atoms with E-state index in [9.17, 15) is 4.79 Å². The molecule has 0 rings (SSSR count). The molecule has 1 atom stereocenters. The molecule has 54 valence electrons. The van der Waals surface area contributed by atoms with Crippen molar-refractivity contribution in [3.63, 3.8) is 0 Å². The van der Waals surface area contributed by atoms with Gasteiger partial charge in [0.2, 0.25) is 0 Å². The van der Waals surface area contributed by atoms with Gasteiger partial charge >= 0.3 is 5.97 Å². The minimum Gasteiger partial charge on any atom is -0.478 e. The average Bonchev–Trinajstić information content (AvgIpc) is 1.87. The largest absolute Gasteiger partial charge is 0.478 e. The number of hydrogen-bond donors (Lipinski definition) is 1. The van der Waals surface area contributed by atoms with Gasteiger partial charge in [0.1, 0.15) is 0 Å². The first-order valence-electron chi connectivity index (χ1n) is 2.88. The van der Waals surface area contributed by atoms with Gasteiger partial charge in [-0.1, -0.05) is 6.58 Å². The molecule has 1 unspecified atom stereocenters. The van der Waals surface area contributed by atoms with Crippen molar-refractivity contribution in [1.29, 1.82) is 5.26 Å². The van der Waals surface area contributed by atoms with E-state index in [2.05, 4.69) is 6.58 Å². The van der Waals surface area contributed by atoms with E-state index in [1.165, 1.54) is 0 Å². The van der Waals surface area contributed by atoms with E-state index in [0.717, 1.165) is 0 Å². The van der Waals surface area contributed by atoms with Crippen molar-refractivity contribution in [2.45, 2.75) is 13.3 Å². The summed E-state index contributed by atoms with van der Waals surface area (Å²) in [6, 6.07) is 1.93. The summed E-state index contributed by atoms with van der Waals surface area (Å²) >= 11 is 0. The minimum absolute atomic E-state index is 0.0917. The Bertz CT molecular complexity index is 190. The third kappa shape index (κ3) is 2.88. The summed E-state index contributed by atoms with van der Waals surface area (Å²) in [4.78, 5) is 10.1. The van der Waals surface area contributed by atoms with Crippen LogP contribution < -0.4 is 0 Å². The number of rotatable bonds is 3. The van der Waals surface area contributed by atoms with Gasteiger partial charge in [-0.05, 0) is 13.3 Å². The van der Waals surface area contributed by atoms with Gasteiger partial charge in [-0.3, -0.25) is 0 Å². The Labute approximate surface area is 59.6 Å². The molecule has 0 fully saturated rings. The Morgan fingerprint density at radius 2 is 2.40 bits per heavy atom. The van der Waals surface area contributed by atoms with Crippen molar-refractivity contribution in [2.24, 2.45) is 5.92 Å². The molecule has 0 aromatic carbocycles. The molecule has 0 saturated carbocycles. The topological polar surface area (TPSA) is 61.1 Å². The summed E-state index contributed by atoms with van der Waals surface area (Å²) in [6.07, 6.45) is 0.242. The average molecular weight is 139 g/mol. The molecule has 0 aliphatic carbocycles. The van der Waals surface area contributed by atoms with Crippen LogP contribution in [0.3, 0.4) is 0 Å². The Kier molecular flexibility index (Phi) is 3.20. The van der Waals surface area contributed by atoms with Crippen LogP contribution in [0.2, 0.25) is 0 Å². The highest BCUT2D eigenvalue weighted by Crippen LogP contribution is 2.07. The highest BCUT2D eigenvalue weighted by molar-refractivity contribution is 5.85. The fourth-order valence-electron chi connectivity index (χ4n) is 0.503. The van der Waals surface area contributed by atoms with Crippen molar-refractivity contribution in [2.75, 3.05) is 0 Å². The summed E-state index contributed by atoms with van der Waals surface area (Å²) in [7, 11) is 0. The zero-order valence-electron chi connectivity index (χ0n) is 5.79. The molecule has 0 aromatic rings. The van der Waals surface area contributed by atoms with Crippen LogP contribution in [0.1, 0.15) is 13.3 Å². The molecule has 0 heterocycles. The molecule has 0 aliphatic rings. The SMILES string of the molecule is C=C(CC(C)C#N)C(=O)O. The maximum absolute atomic E-state index is 10.1. The second-order valence-corrected chi connectivity index (χ2v) is 2.14. The number of aliphatic carboxylic acids is 1. The van der Waals surface area contributed by atoms with E-state index in [0.29, 0.717) is 0 Å². The van der Waals surface area contributed by atoms with E-state index in [4.69, 9.17) is 10.4 Å². The van der Waals surface area contributed by atoms with Crippen molar-refractivity contribution in [3.8, 4) is 6.07 Å². The molecule has 0 aromatic heterocycles. The normalized spacial score (nSPS) is 11.6. The zero-order valence-corrected chi connectivity index (χ0v) is 5.79. The van der Waals surface area contributed by atoms with E-state index >= 15 is 0 Å². The molecule has 0 amide bonds. The Balaban J connectivity index is 3.83. The fraction of sp³-hybridized carbons (Fsp3) is 0.429. The molecule has 0 spiro atoms. The lowest BCUT2D eigenvalue weighted by Gasteiger charge is -1.99. The predicted octanol–water partition coefficient (Wildman–Crippen LogP) is 1.18. The van der Waals surface area contributed by atoms with E-state index in [-0.39, 0.29) is 17.9 Å². The third-order valence-corrected chi connectivity index (χ3v) is 1.08. The van der Waals surface area contributed by atoms with Gasteiger partial charge in [0.15, 0.2) is 0 Å². The number of hydrogen-bond acceptors (Lipinski definition) is 2. The van der Waals surface area contributed by atoms with Gasteiger partial charge in [-0.25, -0.2) is 4.79 Å². The second kappa shape index (κ2) is 3.67. The van der Waals surface area contributed by atoms with Crippen LogP contribution in [0.4, 0.5) is 0 Å². The molecule has 10 heavy (non-hydrogen) atoms. The first-order chi connectivity index (χ1) is 4.57. The van der Waals surface area contributed by atoms with Crippen LogP contribution in [0.15, 0.2) is 12.2 Å². The monoisotopic (exact) mass is 139 g/mol. The van der Waals surface area contributed by atoms with E-state index in [1.54, 1.807) is 6.92 Å². The van der Waals surface area contributed by atoms with Crippen molar-refractivity contribution >= 4 is 5.97 Å². The predicted molar refractivity (Wildman–Crippen MR) is 36.2 cm³/mol. The molecular formula is C7H9NO2. The number of carbonyl (C=O) groups is 1. The Morgan fingerprint density at radius 1 is 1.90 bits per heavy atom. The highest BCUT2D eigenvalue weighted by atomic mass is 16.4. The molecule has 3 heteroatoms. The molecule has 0 saturated heterocycles. The molecule has 0 bridgehead atoms. The lowest BCUT2D eigenvalue weighted by atomic mass is 10.0. The number of nitriles is 1. The van der Waals surface area contributed by atoms with Gasteiger partial charge in [0.25, 0.3) is 0 Å². The molecule has 0 aliphatic heterocycles. The zero-order chi connectivity index (χ0) is 8.15. The standard InChI is InChI=1S/C7H9NO2/c1-5(4-8)3-6(2)7(9)10/h5H,2-3H2,1H3,(H,9,10). The second-order valence-electron chi connectivity index (χ2n) is 2.14. The van der Waals surface area contributed by atoms with Gasteiger partial charge < -0.3 is 5.11 Å². The number of carboxylic acid groups (broad SMARTS) is 1. The third-order valence-electron chi connectivity index (χ3n) is 1.08. The van der Waals surface area contributed by atoms with E-state index in [1.807, 2.05) is 6.07 Å². The van der Waals surface area contributed by atoms with Crippen molar-refractivity contribution < 1.29 is 9.90 Å². The first kappa shape index (κ1) is 8.70. The van der Waals surface area contributed by atoms with Crippen LogP contribution in [-0.2, 0) is 4.79 Å². The molecule has 3 nitrogen and oxygen atoms in total. The number of carboxylic acids is 1. The van der Waals surface area contributed by atoms with Crippen LogP contribution >= 0.6 is 0 Å². The molecular weight excluding hydrogens is 130 g/mol. The maximum Gasteiger partial charge on any atom is 0.330 e. The van der Waals surface area contributed by atoms with Gasteiger partial charge in [0.05, 0.1) is 6.07 Å². The number of nitrogens with zero attached hydrogens (tertiary/aromatic N) is 1. The molecule has 1 N–H and O–H groups in total. The lowest BCUT2D eigenvalue weighted by Crippen LogP contribution is -2.02. The summed E-state index contributed by atoms with van der Waals surface area (Å²) in [5, 5.41) is 16.6. The highest BCUT2D eigenvalue weighted by Gasteiger charge is 2.07. The van der Waals surface area contributed by atoms with Gasteiger partial charge in [0, 0.05) is 11.5 Å². The summed E-state index contributed by atoms with van der Waals surface area (Å²) in [5.41, 5.74) is 0.0917. The van der Waals surface area contributed by atoms with Crippen molar-refractivity contribution in [3.05, 3.63) is 12.2 Å². The first-order valence-corrected chi connectivity index (χ1v) is 2.88. The van der Waals surface area contributed by atoms with Crippen LogP contribution in [0.25, 0.3) is 0 Å². The van der Waals surface area contributed by atoms with Gasteiger partial charge in [-0.15, -0.1) is 0 Å². The fourth-order valence-corrected chi connectivity index (χ4v) is 0.503. The Morgan fingerprint density at radius 3 is 2.70 bits per heavy atom. The maximum atomic E-state index is 10.1.